The van der Waals surface area contributed by atoms with Crippen molar-refractivity contribution in [2.24, 2.45) is 0 Å². The summed E-state index contributed by atoms with van der Waals surface area (Å²) < 4.78 is 31.1. The zero-order chi connectivity index (χ0) is 8.69. The van der Waals surface area contributed by atoms with Crippen molar-refractivity contribution in [2.45, 2.75) is 19.8 Å². The van der Waals surface area contributed by atoms with Crippen molar-refractivity contribution in [1.29, 1.82) is 0 Å². The fraction of sp³-hybridized carbons (Fsp3) is 0.833. The highest BCUT2D eigenvalue weighted by molar-refractivity contribution is 5.59. The van der Waals surface area contributed by atoms with Gasteiger partial charge in [-0.05, 0) is 6.42 Å². The Balaban J connectivity index is 3.23. The first-order valence-corrected chi connectivity index (χ1v) is 3.24. The second-order valence-electron chi connectivity index (χ2n) is 1.80. The molecule has 0 heterocycles. The maximum atomic E-state index is 11.4. The molecule has 0 aliphatic rings. The molecular formula is C6H10F2O3. The van der Waals surface area contributed by atoms with Crippen LogP contribution in [0.3, 0.4) is 0 Å². The minimum atomic E-state index is -2.64. The van der Waals surface area contributed by atoms with E-state index in [1.165, 1.54) is 0 Å². The SMILES string of the molecule is CCCOC(=O)OCC(F)F. The first kappa shape index (κ1) is 10.1. The van der Waals surface area contributed by atoms with Crippen LogP contribution >= 0.6 is 0 Å². The van der Waals surface area contributed by atoms with E-state index in [1.54, 1.807) is 6.92 Å². The van der Waals surface area contributed by atoms with Gasteiger partial charge in [0, 0.05) is 0 Å². The molecule has 0 amide bonds. The average molecular weight is 168 g/mol. The second-order valence-corrected chi connectivity index (χ2v) is 1.80. The lowest BCUT2D eigenvalue weighted by atomic mass is 10.5. The summed E-state index contributed by atoms with van der Waals surface area (Å²) in [6.07, 6.45) is -3.03. The van der Waals surface area contributed by atoms with E-state index < -0.39 is 19.2 Å². The standard InChI is InChI=1S/C6H10F2O3/c1-2-3-10-6(9)11-4-5(7)8/h5H,2-4H2,1H3. The molecular weight excluding hydrogens is 158 g/mol. The molecule has 0 spiro atoms. The van der Waals surface area contributed by atoms with Crippen molar-refractivity contribution in [1.82, 2.24) is 0 Å². The van der Waals surface area contributed by atoms with E-state index in [4.69, 9.17) is 0 Å². The summed E-state index contributed by atoms with van der Waals surface area (Å²) >= 11 is 0. The van der Waals surface area contributed by atoms with Crippen molar-refractivity contribution < 1.29 is 23.0 Å². The molecule has 11 heavy (non-hydrogen) atoms. The van der Waals surface area contributed by atoms with Gasteiger partial charge in [0.2, 0.25) is 0 Å². The van der Waals surface area contributed by atoms with Gasteiger partial charge in [-0.15, -0.1) is 0 Å². The quantitative estimate of drug-likeness (QED) is 0.600. The molecule has 0 fully saturated rings. The van der Waals surface area contributed by atoms with Gasteiger partial charge in [-0.1, -0.05) is 6.92 Å². The van der Waals surface area contributed by atoms with Gasteiger partial charge >= 0.3 is 6.16 Å². The van der Waals surface area contributed by atoms with Gasteiger partial charge in [-0.2, -0.15) is 0 Å². The van der Waals surface area contributed by atoms with E-state index in [9.17, 15) is 13.6 Å². The molecule has 0 saturated heterocycles. The number of hydrogen-bond donors (Lipinski definition) is 0. The van der Waals surface area contributed by atoms with Crippen LogP contribution in [0.4, 0.5) is 13.6 Å². The Bertz CT molecular complexity index is 116. The molecule has 66 valence electrons. The minimum absolute atomic E-state index is 0.196. The highest BCUT2D eigenvalue weighted by atomic mass is 19.3. The van der Waals surface area contributed by atoms with Crippen LogP contribution in [0.25, 0.3) is 0 Å². The highest BCUT2D eigenvalue weighted by Crippen LogP contribution is 1.94. The van der Waals surface area contributed by atoms with Crippen LogP contribution in [-0.2, 0) is 9.47 Å². The van der Waals surface area contributed by atoms with Crippen molar-refractivity contribution in [3.05, 3.63) is 0 Å². The maximum absolute atomic E-state index is 11.4. The monoisotopic (exact) mass is 168 g/mol. The van der Waals surface area contributed by atoms with E-state index in [1.807, 2.05) is 0 Å². The summed E-state index contributed by atoms with van der Waals surface area (Å²) in [6.45, 7) is 1.09. The summed E-state index contributed by atoms with van der Waals surface area (Å²) in [5.41, 5.74) is 0. The molecule has 0 aliphatic carbocycles. The van der Waals surface area contributed by atoms with Gasteiger partial charge in [0.05, 0.1) is 6.61 Å². The third-order valence-electron chi connectivity index (χ3n) is 0.751. The molecule has 3 nitrogen and oxygen atoms in total. The molecule has 0 rings (SSSR count). The number of halogens is 2. The maximum Gasteiger partial charge on any atom is 0.508 e. The van der Waals surface area contributed by atoms with E-state index in [-0.39, 0.29) is 6.61 Å². The first-order chi connectivity index (χ1) is 5.16. The van der Waals surface area contributed by atoms with Crippen molar-refractivity contribution in [3.8, 4) is 0 Å². The minimum Gasteiger partial charge on any atom is -0.434 e. The molecule has 0 aromatic carbocycles. The van der Waals surface area contributed by atoms with Gasteiger partial charge in [0.25, 0.3) is 6.43 Å². The summed E-state index contributed by atoms with van der Waals surface area (Å²) in [4.78, 5) is 10.3. The van der Waals surface area contributed by atoms with Gasteiger partial charge in [0.1, 0.15) is 0 Å². The molecule has 0 bridgehead atoms. The molecule has 0 aromatic heterocycles. The van der Waals surface area contributed by atoms with Crippen LogP contribution in [-0.4, -0.2) is 25.8 Å². The zero-order valence-corrected chi connectivity index (χ0v) is 6.18. The largest absolute Gasteiger partial charge is 0.508 e. The van der Waals surface area contributed by atoms with Crippen LogP contribution in [0, 0.1) is 0 Å². The van der Waals surface area contributed by atoms with Crippen molar-refractivity contribution in [2.75, 3.05) is 13.2 Å². The Labute approximate surface area is 63.3 Å². The molecule has 0 radical (unpaired) electrons. The van der Waals surface area contributed by atoms with Crippen LogP contribution in [0.5, 0.6) is 0 Å². The van der Waals surface area contributed by atoms with Gasteiger partial charge < -0.3 is 9.47 Å². The number of hydrogen-bond acceptors (Lipinski definition) is 3. The Hall–Kier alpha value is -0.870. The molecule has 0 aliphatic heterocycles. The van der Waals surface area contributed by atoms with Gasteiger partial charge in [0.15, 0.2) is 6.61 Å². The smallest absolute Gasteiger partial charge is 0.434 e. The Morgan fingerprint density at radius 1 is 1.45 bits per heavy atom. The molecule has 5 heteroatoms. The molecule has 0 atom stereocenters. The van der Waals surface area contributed by atoms with E-state index >= 15 is 0 Å². The third kappa shape index (κ3) is 7.02. The molecule has 0 N–H and O–H groups in total. The highest BCUT2D eigenvalue weighted by Gasteiger charge is 2.08. The average Bonchev–Trinajstić information content (AvgIpc) is 1.97. The fourth-order valence-electron chi connectivity index (χ4n) is 0.358. The van der Waals surface area contributed by atoms with Crippen LogP contribution in [0.15, 0.2) is 0 Å². The Kier molecular flexibility index (Phi) is 5.42. The summed E-state index contributed by atoms with van der Waals surface area (Å²) in [5, 5.41) is 0. The fourth-order valence-corrected chi connectivity index (χ4v) is 0.358. The molecule has 0 unspecified atom stereocenters. The topological polar surface area (TPSA) is 35.5 Å². The molecule has 0 aromatic rings. The predicted octanol–water partition coefficient (Wildman–Crippen LogP) is 1.81. The van der Waals surface area contributed by atoms with Crippen LogP contribution in [0.1, 0.15) is 13.3 Å². The van der Waals surface area contributed by atoms with E-state index in [0.717, 1.165) is 0 Å². The zero-order valence-electron chi connectivity index (χ0n) is 6.18. The Morgan fingerprint density at radius 3 is 2.55 bits per heavy atom. The third-order valence-corrected chi connectivity index (χ3v) is 0.751. The second kappa shape index (κ2) is 5.88. The lowest BCUT2D eigenvalue weighted by Gasteiger charge is -2.03. The van der Waals surface area contributed by atoms with E-state index in [0.29, 0.717) is 6.42 Å². The first-order valence-electron chi connectivity index (χ1n) is 3.24. The van der Waals surface area contributed by atoms with Crippen molar-refractivity contribution >= 4 is 6.16 Å². The summed E-state index contributed by atoms with van der Waals surface area (Å²) in [7, 11) is 0. The van der Waals surface area contributed by atoms with Gasteiger partial charge in [-0.25, -0.2) is 13.6 Å². The number of ether oxygens (including phenoxy) is 2. The number of alkyl halides is 2. The summed E-state index contributed by atoms with van der Waals surface area (Å²) in [6, 6.07) is 0. The number of carbonyl (C=O) groups is 1. The van der Waals surface area contributed by atoms with Crippen molar-refractivity contribution in [3.63, 3.8) is 0 Å². The van der Waals surface area contributed by atoms with Crippen LogP contribution in [0.2, 0.25) is 0 Å². The number of rotatable bonds is 4. The number of carbonyl (C=O) groups excluding carboxylic acids is 1. The lowest BCUT2D eigenvalue weighted by molar-refractivity contribution is 0.00736. The lowest BCUT2D eigenvalue weighted by Crippen LogP contribution is -2.13. The summed E-state index contributed by atoms with van der Waals surface area (Å²) in [5.74, 6) is 0. The Morgan fingerprint density at radius 2 is 2.09 bits per heavy atom. The predicted molar refractivity (Wildman–Crippen MR) is 33.6 cm³/mol. The molecule has 0 saturated carbocycles. The van der Waals surface area contributed by atoms with Gasteiger partial charge in [-0.3, -0.25) is 0 Å². The normalized spacial score (nSPS) is 9.82. The van der Waals surface area contributed by atoms with E-state index in [2.05, 4.69) is 9.47 Å². The van der Waals surface area contributed by atoms with Crippen LogP contribution < -0.4 is 0 Å².